The standard InChI is InChI=1S/C8H7F3N2O/c1-5(14)13-6-3-2-4-12-7(6)8(9,10)11/h2-4H,1H3,(H,13,14). The van der Waals surface area contributed by atoms with Crippen LogP contribution in [0.4, 0.5) is 18.9 Å². The maximum Gasteiger partial charge on any atom is 0.435 e. The molecule has 3 nitrogen and oxygen atoms in total. The molecule has 1 heterocycles. The molecular formula is C8H7F3N2O. The first kappa shape index (κ1) is 10.5. The summed E-state index contributed by atoms with van der Waals surface area (Å²) >= 11 is 0. The van der Waals surface area contributed by atoms with Gasteiger partial charge in [0.1, 0.15) is 0 Å². The molecule has 1 aromatic rings. The molecule has 0 bridgehead atoms. The van der Waals surface area contributed by atoms with Crippen LogP contribution in [0.1, 0.15) is 12.6 Å². The number of nitrogens with zero attached hydrogens (tertiary/aromatic N) is 1. The molecule has 14 heavy (non-hydrogen) atoms. The molecule has 0 atom stereocenters. The van der Waals surface area contributed by atoms with Gasteiger partial charge in [-0.2, -0.15) is 13.2 Å². The summed E-state index contributed by atoms with van der Waals surface area (Å²) in [4.78, 5) is 13.7. The second-order valence-corrected chi connectivity index (χ2v) is 2.58. The molecule has 6 heteroatoms. The average Bonchev–Trinajstić information content (AvgIpc) is 2.01. The zero-order chi connectivity index (χ0) is 10.8. The Hall–Kier alpha value is -1.59. The monoisotopic (exact) mass is 204 g/mol. The third-order valence-corrected chi connectivity index (χ3v) is 1.39. The fraction of sp³-hybridized carbons (Fsp3) is 0.250. The van der Waals surface area contributed by atoms with Crippen LogP contribution in [0.2, 0.25) is 0 Å². The maximum absolute atomic E-state index is 12.3. The summed E-state index contributed by atoms with van der Waals surface area (Å²) in [5, 5.41) is 2.06. The number of anilines is 1. The topological polar surface area (TPSA) is 42.0 Å². The van der Waals surface area contributed by atoms with E-state index in [-0.39, 0.29) is 5.69 Å². The quantitative estimate of drug-likeness (QED) is 0.760. The first-order chi connectivity index (χ1) is 6.41. The number of halogens is 3. The van der Waals surface area contributed by atoms with Crippen LogP contribution in [0, 0.1) is 0 Å². The SMILES string of the molecule is CC(=O)Nc1cccnc1C(F)(F)F. The number of hydrogen-bond donors (Lipinski definition) is 1. The highest BCUT2D eigenvalue weighted by Crippen LogP contribution is 2.32. The molecule has 0 aliphatic heterocycles. The van der Waals surface area contributed by atoms with Gasteiger partial charge < -0.3 is 5.32 Å². The van der Waals surface area contributed by atoms with Crippen molar-refractivity contribution in [2.45, 2.75) is 13.1 Å². The maximum atomic E-state index is 12.3. The zero-order valence-electron chi connectivity index (χ0n) is 7.22. The summed E-state index contributed by atoms with van der Waals surface area (Å²) in [5.41, 5.74) is -1.41. The van der Waals surface area contributed by atoms with Crippen LogP contribution in [-0.2, 0) is 11.0 Å². The van der Waals surface area contributed by atoms with Crippen LogP contribution in [0.25, 0.3) is 0 Å². The number of hydrogen-bond acceptors (Lipinski definition) is 2. The van der Waals surface area contributed by atoms with Crippen LogP contribution in [0.5, 0.6) is 0 Å². The minimum absolute atomic E-state index is 0.326. The molecule has 1 N–H and O–H groups in total. The molecule has 0 saturated carbocycles. The van der Waals surface area contributed by atoms with Gasteiger partial charge in [-0.3, -0.25) is 4.79 Å². The van der Waals surface area contributed by atoms with Gasteiger partial charge in [0.05, 0.1) is 5.69 Å². The lowest BCUT2D eigenvalue weighted by molar-refractivity contribution is -0.140. The first-order valence-corrected chi connectivity index (χ1v) is 3.71. The molecule has 1 amide bonds. The predicted molar refractivity (Wildman–Crippen MR) is 43.5 cm³/mol. The van der Waals surface area contributed by atoms with E-state index in [1.165, 1.54) is 6.07 Å². The summed E-state index contributed by atoms with van der Waals surface area (Å²) in [5.74, 6) is -0.566. The van der Waals surface area contributed by atoms with Crippen molar-refractivity contribution < 1.29 is 18.0 Å². The lowest BCUT2D eigenvalue weighted by Gasteiger charge is -2.10. The number of aromatic nitrogens is 1. The van der Waals surface area contributed by atoms with Crippen molar-refractivity contribution in [1.82, 2.24) is 4.98 Å². The Morgan fingerprint density at radius 2 is 2.14 bits per heavy atom. The van der Waals surface area contributed by atoms with E-state index in [0.717, 1.165) is 19.2 Å². The van der Waals surface area contributed by atoms with Gasteiger partial charge in [-0.05, 0) is 12.1 Å². The van der Waals surface area contributed by atoms with Crippen LogP contribution in [-0.4, -0.2) is 10.9 Å². The fourth-order valence-corrected chi connectivity index (χ4v) is 0.922. The van der Waals surface area contributed by atoms with E-state index in [9.17, 15) is 18.0 Å². The lowest BCUT2D eigenvalue weighted by atomic mass is 10.3. The Balaban J connectivity index is 3.10. The van der Waals surface area contributed by atoms with E-state index < -0.39 is 17.8 Å². The minimum Gasteiger partial charge on any atom is -0.324 e. The van der Waals surface area contributed by atoms with Gasteiger partial charge in [0.25, 0.3) is 0 Å². The lowest BCUT2D eigenvalue weighted by Crippen LogP contribution is -2.15. The Morgan fingerprint density at radius 3 is 2.64 bits per heavy atom. The smallest absolute Gasteiger partial charge is 0.324 e. The number of carbonyl (C=O) groups is 1. The molecule has 1 rings (SSSR count). The van der Waals surface area contributed by atoms with Crippen LogP contribution in [0.15, 0.2) is 18.3 Å². The average molecular weight is 204 g/mol. The van der Waals surface area contributed by atoms with Gasteiger partial charge in [0.15, 0.2) is 5.69 Å². The number of amides is 1. The van der Waals surface area contributed by atoms with Crippen molar-refractivity contribution in [2.24, 2.45) is 0 Å². The van der Waals surface area contributed by atoms with E-state index >= 15 is 0 Å². The van der Waals surface area contributed by atoms with Gasteiger partial charge in [0, 0.05) is 13.1 Å². The highest BCUT2D eigenvalue weighted by molar-refractivity contribution is 5.89. The molecule has 0 spiro atoms. The second kappa shape index (κ2) is 3.65. The Kier molecular flexibility index (Phi) is 2.73. The number of alkyl halides is 3. The highest BCUT2D eigenvalue weighted by Gasteiger charge is 2.35. The Labute approximate surface area is 78.0 Å². The highest BCUT2D eigenvalue weighted by atomic mass is 19.4. The fourth-order valence-electron chi connectivity index (χ4n) is 0.922. The summed E-state index contributed by atoms with van der Waals surface area (Å²) < 4.78 is 36.9. The number of nitrogens with one attached hydrogen (secondary N) is 1. The predicted octanol–water partition coefficient (Wildman–Crippen LogP) is 2.06. The molecular weight excluding hydrogens is 197 g/mol. The van der Waals surface area contributed by atoms with E-state index in [0.29, 0.717) is 0 Å². The molecule has 0 aliphatic rings. The van der Waals surface area contributed by atoms with Crippen molar-refractivity contribution in [3.05, 3.63) is 24.0 Å². The number of rotatable bonds is 1. The van der Waals surface area contributed by atoms with Crippen LogP contribution < -0.4 is 5.32 Å². The van der Waals surface area contributed by atoms with Crippen LogP contribution in [0.3, 0.4) is 0 Å². The summed E-state index contributed by atoms with van der Waals surface area (Å²) in [6.45, 7) is 1.13. The molecule has 0 radical (unpaired) electrons. The molecule has 0 fully saturated rings. The Morgan fingerprint density at radius 1 is 1.50 bits per heavy atom. The first-order valence-electron chi connectivity index (χ1n) is 3.71. The minimum atomic E-state index is -4.56. The largest absolute Gasteiger partial charge is 0.435 e. The molecule has 76 valence electrons. The second-order valence-electron chi connectivity index (χ2n) is 2.58. The van der Waals surface area contributed by atoms with Gasteiger partial charge in [0.2, 0.25) is 5.91 Å². The van der Waals surface area contributed by atoms with Gasteiger partial charge in [-0.1, -0.05) is 0 Å². The molecule has 1 aromatic heterocycles. The number of pyridine rings is 1. The van der Waals surface area contributed by atoms with Gasteiger partial charge in [-0.25, -0.2) is 4.98 Å². The van der Waals surface area contributed by atoms with E-state index in [1.54, 1.807) is 0 Å². The van der Waals surface area contributed by atoms with E-state index in [2.05, 4.69) is 10.3 Å². The molecule has 0 saturated heterocycles. The molecule has 0 aromatic carbocycles. The third kappa shape index (κ3) is 2.45. The van der Waals surface area contributed by atoms with E-state index in [4.69, 9.17) is 0 Å². The Bertz CT molecular complexity index is 349. The number of carbonyl (C=O) groups excluding carboxylic acids is 1. The van der Waals surface area contributed by atoms with Crippen molar-refractivity contribution in [3.8, 4) is 0 Å². The summed E-state index contributed by atoms with van der Waals surface area (Å²) in [7, 11) is 0. The van der Waals surface area contributed by atoms with Gasteiger partial charge in [-0.15, -0.1) is 0 Å². The molecule has 0 unspecified atom stereocenters. The van der Waals surface area contributed by atoms with Crippen molar-refractivity contribution in [1.29, 1.82) is 0 Å². The normalized spacial score (nSPS) is 11.1. The van der Waals surface area contributed by atoms with Gasteiger partial charge >= 0.3 is 6.18 Å². The summed E-state index contributed by atoms with van der Waals surface area (Å²) in [6, 6.07) is 2.47. The van der Waals surface area contributed by atoms with E-state index in [1.807, 2.05) is 0 Å². The third-order valence-electron chi connectivity index (χ3n) is 1.39. The molecule has 0 aliphatic carbocycles. The van der Waals surface area contributed by atoms with Crippen molar-refractivity contribution in [3.63, 3.8) is 0 Å². The van der Waals surface area contributed by atoms with Crippen LogP contribution >= 0.6 is 0 Å². The zero-order valence-corrected chi connectivity index (χ0v) is 7.22. The van der Waals surface area contributed by atoms with Crippen molar-refractivity contribution >= 4 is 11.6 Å². The van der Waals surface area contributed by atoms with Crippen molar-refractivity contribution in [2.75, 3.05) is 5.32 Å². The summed E-state index contributed by atoms with van der Waals surface area (Å²) in [6.07, 6.45) is -3.53.